The van der Waals surface area contributed by atoms with E-state index in [1.807, 2.05) is 0 Å². The summed E-state index contributed by atoms with van der Waals surface area (Å²) in [6.45, 7) is 0. The quantitative estimate of drug-likeness (QED) is 0.467. The number of hydrogen-bond acceptors (Lipinski definition) is 3. The van der Waals surface area contributed by atoms with Crippen LogP contribution in [-0.4, -0.2) is 9.91 Å². The SMILES string of the molecule is O=[N+]([O-])c1cc(-c2ccc(F)cc2)cnc1Cl. The highest BCUT2D eigenvalue weighted by Crippen LogP contribution is 2.28. The van der Waals surface area contributed by atoms with Crippen LogP contribution in [0.15, 0.2) is 36.5 Å². The summed E-state index contributed by atoms with van der Waals surface area (Å²) in [5.41, 5.74) is 0.883. The Morgan fingerprint density at radius 2 is 1.88 bits per heavy atom. The van der Waals surface area contributed by atoms with Gasteiger partial charge in [0, 0.05) is 17.8 Å². The zero-order chi connectivity index (χ0) is 12.4. The van der Waals surface area contributed by atoms with E-state index in [4.69, 9.17) is 11.6 Å². The first-order valence-corrected chi connectivity index (χ1v) is 5.01. The minimum absolute atomic E-state index is 0.166. The van der Waals surface area contributed by atoms with Gasteiger partial charge in [0.05, 0.1) is 4.92 Å². The number of nitro groups is 1. The molecule has 2 aromatic rings. The van der Waals surface area contributed by atoms with E-state index in [0.717, 1.165) is 0 Å². The molecule has 0 N–H and O–H groups in total. The summed E-state index contributed by atoms with van der Waals surface area (Å²) in [6, 6.07) is 6.89. The number of hydrogen-bond donors (Lipinski definition) is 0. The highest BCUT2D eigenvalue weighted by molar-refractivity contribution is 6.31. The molecule has 86 valence electrons. The molecule has 0 unspecified atom stereocenters. The van der Waals surface area contributed by atoms with E-state index in [-0.39, 0.29) is 16.7 Å². The largest absolute Gasteiger partial charge is 0.307 e. The highest BCUT2D eigenvalue weighted by Gasteiger charge is 2.14. The van der Waals surface area contributed by atoms with Crippen molar-refractivity contribution in [3.8, 4) is 11.1 Å². The van der Waals surface area contributed by atoms with Crippen molar-refractivity contribution in [3.05, 3.63) is 57.6 Å². The second kappa shape index (κ2) is 4.47. The third-order valence-corrected chi connectivity index (χ3v) is 2.49. The van der Waals surface area contributed by atoms with Gasteiger partial charge in [-0.15, -0.1) is 0 Å². The van der Waals surface area contributed by atoms with Crippen molar-refractivity contribution >= 4 is 17.3 Å². The number of benzene rings is 1. The Kier molecular flexibility index (Phi) is 3.01. The summed E-state index contributed by atoms with van der Waals surface area (Å²) >= 11 is 5.59. The Morgan fingerprint density at radius 1 is 1.24 bits per heavy atom. The normalized spacial score (nSPS) is 10.2. The lowest BCUT2D eigenvalue weighted by Gasteiger charge is -2.01. The molecule has 0 radical (unpaired) electrons. The Bertz CT molecular complexity index is 572. The molecule has 0 amide bonds. The average Bonchev–Trinajstić information content (AvgIpc) is 2.30. The molecule has 0 saturated carbocycles. The lowest BCUT2D eigenvalue weighted by molar-refractivity contribution is -0.385. The second-order valence-corrected chi connectivity index (χ2v) is 3.66. The smallest absolute Gasteiger partial charge is 0.258 e. The van der Waals surface area contributed by atoms with Crippen LogP contribution in [0.25, 0.3) is 11.1 Å². The summed E-state index contributed by atoms with van der Waals surface area (Å²) in [5.74, 6) is -0.370. The van der Waals surface area contributed by atoms with Gasteiger partial charge in [0.2, 0.25) is 5.15 Å². The average molecular weight is 253 g/mol. The number of aromatic nitrogens is 1. The molecule has 0 spiro atoms. The van der Waals surface area contributed by atoms with Crippen LogP contribution in [0.4, 0.5) is 10.1 Å². The maximum Gasteiger partial charge on any atom is 0.307 e. The van der Waals surface area contributed by atoms with E-state index in [9.17, 15) is 14.5 Å². The van der Waals surface area contributed by atoms with Crippen molar-refractivity contribution in [3.63, 3.8) is 0 Å². The minimum atomic E-state index is -0.609. The molecule has 0 fully saturated rings. The topological polar surface area (TPSA) is 56.0 Å². The molecule has 4 nitrogen and oxygen atoms in total. The molecular formula is C11H6ClFN2O2. The summed E-state index contributed by atoms with van der Waals surface area (Å²) < 4.78 is 12.7. The lowest BCUT2D eigenvalue weighted by atomic mass is 10.1. The molecule has 0 atom stereocenters. The van der Waals surface area contributed by atoms with Gasteiger partial charge < -0.3 is 0 Å². The zero-order valence-corrected chi connectivity index (χ0v) is 9.19. The molecule has 0 aliphatic carbocycles. The van der Waals surface area contributed by atoms with Crippen molar-refractivity contribution < 1.29 is 9.31 Å². The van der Waals surface area contributed by atoms with Crippen molar-refractivity contribution in [1.29, 1.82) is 0 Å². The van der Waals surface area contributed by atoms with Crippen LogP contribution in [0.5, 0.6) is 0 Å². The van der Waals surface area contributed by atoms with Crippen LogP contribution < -0.4 is 0 Å². The Morgan fingerprint density at radius 3 is 2.47 bits per heavy atom. The van der Waals surface area contributed by atoms with Crippen molar-refractivity contribution in [2.75, 3.05) is 0 Å². The van der Waals surface area contributed by atoms with E-state index < -0.39 is 4.92 Å². The summed E-state index contributed by atoms with van der Waals surface area (Å²) in [6.07, 6.45) is 1.41. The van der Waals surface area contributed by atoms with Gasteiger partial charge in [-0.2, -0.15) is 0 Å². The standard InChI is InChI=1S/C11H6ClFN2O2/c12-11-10(15(16)17)5-8(6-14-11)7-1-3-9(13)4-2-7/h1-6H. The Hall–Kier alpha value is -2.01. The van der Waals surface area contributed by atoms with Crippen LogP contribution in [-0.2, 0) is 0 Å². The summed E-state index contributed by atoms with van der Waals surface area (Å²) in [7, 11) is 0. The second-order valence-electron chi connectivity index (χ2n) is 3.30. The maximum atomic E-state index is 12.7. The van der Waals surface area contributed by atoms with Crippen LogP contribution >= 0.6 is 11.6 Å². The first-order chi connectivity index (χ1) is 8.08. The molecule has 17 heavy (non-hydrogen) atoms. The zero-order valence-electron chi connectivity index (χ0n) is 8.43. The fourth-order valence-corrected chi connectivity index (χ4v) is 1.54. The molecule has 1 heterocycles. The third-order valence-electron chi connectivity index (χ3n) is 2.19. The van der Waals surface area contributed by atoms with E-state index in [2.05, 4.69) is 4.98 Å². The van der Waals surface area contributed by atoms with Gasteiger partial charge in [-0.1, -0.05) is 23.7 Å². The van der Waals surface area contributed by atoms with Crippen LogP contribution in [0, 0.1) is 15.9 Å². The van der Waals surface area contributed by atoms with Crippen molar-refractivity contribution in [2.24, 2.45) is 0 Å². The molecule has 0 aliphatic rings. The van der Waals surface area contributed by atoms with Gasteiger partial charge in [0.25, 0.3) is 0 Å². The molecule has 0 saturated heterocycles. The van der Waals surface area contributed by atoms with Crippen molar-refractivity contribution in [2.45, 2.75) is 0 Å². The fraction of sp³-hybridized carbons (Fsp3) is 0. The minimum Gasteiger partial charge on any atom is -0.258 e. The lowest BCUT2D eigenvalue weighted by Crippen LogP contribution is -1.92. The van der Waals surface area contributed by atoms with E-state index >= 15 is 0 Å². The van der Waals surface area contributed by atoms with Crippen LogP contribution in [0.3, 0.4) is 0 Å². The van der Waals surface area contributed by atoms with Gasteiger partial charge in [0.1, 0.15) is 5.82 Å². The molecular weight excluding hydrogens is 247 g/mol. The Labute approximate surface area is 101 Å². The first-order valence-electron chi connectivity index (χ1n) is 4.64. The fourth-order valence-electron chi connectivity index (χ4n) is 1.36. The molecule has 6 heteroatoms. The molecule has 0 aliphatic heterocycles. The van der Waals surface area contributed by atoms with Gasteiger partial charge in [0.15, 0.2) is 0 Å². The van der Waals surface area contributed by atoms with Gasteiger partial charge >= 0.3 is 5.69 Å². The van der Waals surface area contributed by atoms with Crippen molar-refractivity contribution in [1.82, 2.24) is 4.98 Å². The van der Waals surface area contributed by atoms with E-state index in [0.29, 0.717) is 11.1 Å². The number of rotatable bonds is 2. The monoisotopic (exact) mass is 252 g/mol. The van der Waals surface area contributed by atoms with Crippen LogP contribution in [0.1, 0.15) is 0 Å². The predicted molar refractivity (Wildman–Crippen MR) is 61.3 cm³/mol. The first kappa shape index (κ1) is 11.5. The summed E-state index contributed by atoms with van der Waals surface area (Å²) in [4.78, 5) is 13.8. The number of nitrogens with zero attached hydrogens (tertiary/aromatic N) is 2. The molecule has 1 aromatic heterocycles. The van der Waals surface area contributed by atoms with Gasteiger partial charge in [-0.25, -0.2) is 9.37 Å². The highest BCUT2D eigenvalue weighted by atomic mass is 35.5. The van der Waals surface area contributed by atoms with Crippen LogP contribution in [0.2, 0.25) is 5.15 Å². The van der Waals surface area contributed by atoms with Gasteiger partial charge in [-0.05, 0) is 17.7 Å². The van der Waals surface area contributed by atoms with E-state index in [1.165, 1.54) is 36.5 Å². The Balaban J connectivity index is 2.50. The van der Waals surface area contributed by atoms with E-state index in [1.54, 1.807) is 0 Å². The number of pyridine rings is 1. The summed E-state index contributed by atoms with van der Waals surface area (Å²) in [5, 5.41) is 10.5. The molecule has 1 aromatic carbocycles. The third kappa shape index (κ3) is 2.39. The maximum absolute atomic E-state index is 12.7. The predicted octanol–water partition coefficient (Wildman–Crippen LogP) is 3.45. The molecule has 2 rings (SSSR count). The molecule has 0 bridgehead atoms. The number of halogens is 2. The van der Waals surface area contributed by atoms with Gasteiger partial charge in [-0.3, -0.25) is 10.1 Å².